The minimum Gasteiger partial charge on any atom is -0.478 e. The standard InChI is InChI=1S/C11H10ClN3O2/c12-10-6-8(3-1-2-4-14-15-13)5-9(7-10)11(16)17/h1,3,5-7H,2,4H2,(H,16,17). The molecule has 5 nitrogen and oxygen atoms in total. The molecule has 0 aliphatic heterocycles. The van der Waals surface area contributed by atoms with Crippen LogP contribution in [0.25, 0.3) is 16.5 Å². The Hall–Kier alpha value is -1.97. The summed E-state index contributed by atoms with van der Waals surface area (Å²) in [5.41, 5.74) is 8.92. The summed E-state index contributed by atoms with van der Waals surface area (Å²) in [5.74, 6) is -1.02. The fraction of sp³-hybridized carbons (Fsp3) is 0.182. The van der Waals surface area contributed by atoms with Crippen molar-refractivity contribution in [3.63, 3.8) is 0 Å². The number of azide groups is 1. The van der Waals surface area contributed by atoms with Crippen molar-refractivity contribution < 1.29 is 9.90 Å². The zero-order chi connectivity index (χ0) is 12.7. The maximum absolute atomic E-state index is 10.8. The molecule has 0 atom stereocenters. The first-order valence-electron chi connectivity index (χ1n) is 4.85. The van der Waals surface area contributed by atoms with E-state index in [0.717, 1.165) is 0 Å². The van der Waals surface area contributed by atoms with Gasteiger partial charge in [0, 0.05) is 16.5 Å². The lowest BCUT2D eigenvalue weighted by atomic mass is 10.1. The number of nitrogens with zero attached hydrogens (tertiary/aromatic N) is 3. The second-order valence-corrected chi connectivity index (χ2v) is 3.66. The Morgan fingerprint density at radius 2 is 2.29 bits per heavy atom. The van der Waals surface area contributed by atoms with Gasteiger partial charge in [-0.1, -0.05) is 28.9 Å². The summed E-state index contributed by atoms with van der Waals surface area (Å²) in [5, 5.41) is 12.6. The van der Waals surface area contributed by atoms with Crippen molar-refractivity contribution in [3.8, 4) is 0 Å². The van der Waals surface area contributed by atoms with E-state index in [2.05, 4.69) is 10.0 Å². The fourth-order valence-corrected chi connectivity index (χ4v) is 1.47. The SMILES string of the molecule is [N-]=[N+]=NCCC=Cc1cc(Cl)cc(C(=O)O)c1. The van der Waals surface area contributed by atoms with Crippen LogP contribution in [-0.2, 0) is 0 Å². The predicted molar refractivity (Wildman–Crippen MR) is 66.1 cm³/mol. The molecule has 0 aliphatic rings. The Morgan fingerprint density at radius 3 is 2.94 bits per heavy atom. The summed E-state index contributed by atoms with van der Waals surface area (Å²) in [6, 6.07) is 4.58. The minimum atomic E-state index is -1.02. The van der Waals surface area contributed by atoms with E-state index in [-0.39, 0.29) is 5.56 Å². The number of hydrogen-bond acceptors (Lipinski definition) is 2. The highest BCUT2D eigenvalue weighted by atomic mass is 35.5. The van der Waals surface area contributed by atoms with Gasteiger partial charge in [-0.3, -0.25) is 0 Å². The Morgan fingerprint density at radius 1 is 1.53 bits per heavy atom. The molecule has 0 saturated heterocycles. The molecule has 0 radical (unpaired) electrons. The fourth-order valence-electron chi connectivity index (χ4n) is 1.23. The number of benzene rings is 1. The first-order chi connectivity index (χ1) is 8.13. The van der Waals surface area contributed by atoms with Gasteiger partial charge in [-0.15, -0.1) is 0 Å². The van der Waals surface area contributed by atoms with Gasteiger partial charge in [0.25, 0.3) is 0 Å². The van der Waals surface area contributed by atoms with Gasteiger partial charge in [0.15, 0.2) is 0 Å². The van der Waals surface area contributed by atoms with E-state index in [9.17, 15) is 4.79 Å². The van der Waals surface area contributed by atoms with Gasteiger partial charge < -0.3 is 5.11 Å². The van der Waals surface area contributed by atoms with Gasteiger partial charge in [-0.25, -0.2) is 4.79 Å². The molecule has 0 aromatic heterocycles. The summed E-state index contributed by atoms with van der Waals surface area (Å²) < 4.78 is 0. The van der Waals surface area contributed by atoms with Crippen LogP contribution in [0.5, 0.6) is 0 Å². The van der Waals surface area contributed by atoms with Crippen molar-refractivity contribution >= 4 is 23.6 Å². The summed E-state index contributed by atoms with van der Waals surface area (Å²) in [4.78, 5) is 13.4. The van der Waals surface area contributed by atoms with Crippen LogP contribution in [0.3, 0.4) is 0 Å². The molecule has 0 heterocycles. The molecule has 0 spiro atoms. The van der Waals surface area contributed by atoms with Gasteiger partial charge in [-0.05, 0) is 35.7 Å². The molecular weight excluding hydrogens is 242 g/mol. The van der Waals surface area contributed by atoms with E-state index in [1.807, 2.05) is 0 Å². The highest BCUT2D eigenvalue weighted by Gasteiger charge is 2.04. The number of halogens is 1. The van der Waals surface area contributed by atoms with Crippen LogP contribution in [-0.4, -0.2) is 17.6 Å². The maximum atomic E-state index is 10.8. The number of hydrogen-bond donors (Lipinski definition) is 1. The Labute approximate surface area is 103 Å². The van der Waals surface area contributed by atoms with Crippen molar-refractivity contribution in [1.29, 1.82) is 0 Å². The van der Waals surface area contributed by atoms with Crippen molar-refractivity contribution in [2.45, 2.75) is 6.42 Å². The van der Waals surface area contributed by atoms with E-state index in [4.69, 9.17) is 22.2 Å². The summed E-state index contributed by atoms with van der Waals surface area (Å²) in [7, 11) is 0. The van der Waals surface area contributed by atoms with E-state index >= 15 is 0 Å². The average molecular weight is 252 g/mol. The minimum absolute atomic E-state index is 0.146. The largest absolute Gasteiger partial charge is 0.478 e. The molecule has 1 aromatic rings. The second kappa shape index (κ2) is 6.58. The number of carboxylic acids is 1. The molecule has 6 heteroatoms. The maximum Gasteiger partial charge on any atom is 0.335 e. The molecular formula is C11H10ClN3O2. The zero-order valence-corrected chi connectivity index (χ0v) is 9.63. The highest BCUT2D eigenvalue weighted by Crippen LogP contribution is 2.16. The predicted octanol–water partition coefficient (Wildman–Crippen LogP) is 3.75. The van der Waals surface area contributed by atoms with Gasteiger partial charge >= 0.3 is 5.97 Å². The third-order valence-corrected chi connectivity index (χ3v) is 2.15. The number of rotatable bonds is 5. The lowest BCUT2D eigenvalue weighted by Gasteiger charge is -1.99. The molecule has 1 rings (SSSR count). The molecule has 0 saturated carbocycles. The van der Waals surface area contributed by atoms with Gasteiger partial charge in [0.2, 0.25) is 0 Å². The third-order valence-electron chi connectivity index (χ3n) is 1.94. The van der Waals surface area contributed by atoms with Crippen LogP contribution in [0.2, 0.25) is 5.02 Å². The molecule has 0 fully saturated rings. The van der Waals surface area contributed by atoms with E-state index in [1.54, 1.807) is 18.2 Å². The zero-order valence-electron chi connectivity index (χ0n) is 8.88. The summed E-state index contributed by atoms with van der Waals surface area (Å²) in [6.45, 7) is 0.374. The molecule has 0 bridgehead atoms. The Bertz CT molecular complexity index is 493. The molecule has 17 heavy (non-hydrogen) atoms. The van der Waals surface area contributed by atoms with Gasteiger partial charge in [0.05, 0.1) is 5.56 Å². The van der Waals surface area contributed by atoms with Crippen LogP contribution >= 0.6 is 11.6 Å². The normalized spacial score (nSPS) is 10.2. The smallest absolute Gasteiger partial charge is 0.335 e. The molecule has 0 amide bonds. The Kier molecular flexibility index (Phi) is 5.07. The molecule has 1 N–H and O–H groups in total. The average Bonchev–Trinajstić information content (AvgIpc) is 2.28. The van der Waals surface area contributed by atoms with Crippen LogP contribution < -0.4 is 0 Å². The van der Waals surface area contributed by atoms with E-state index < -0.39 is 5.97 Å². The third kappa shape index (κ3) is 4.59. The van der Waals surface area contributed by atoms with Gasteiger partial charge in [-0.2, -0.15) is 0 Å². The Balaban J connectivity index is 2.77. The van der Waals surface area contributed by atoms with Crippen LogP contribution in [0.15, 0.2) is 29.4 Å². The lowest BCUT2D eigenvalue weighted by Crippen LogP contribution is -1.96. The number of carbonyl (C=O) groups is 1. The molecule has 1 aromatic carbocycles. The first kappa shape index (κ1) is 13.1. The first-order valence-corrected chi connectivity index (χ1v) is 5.22. The van der Waals surface area contributed by atoms with Crippen molar-refractivity contribution in [2.75, 3.05) is 6.54 Å². The molecule has 88 valence electrons. The monoisotopic (exact) mass is 251 g/mol. The summed E-state index contributed by atoms with van der Waals surface area (Å²) >= 11 is 5.79. The van der Waals surface area contributed by atoms with Crippen molar-refractivity contribution in [3.05, 3.63) is 50.9 Å². The van der Waals surface area contributed by atoms with Crippen molar-refractivity contribution in [1.82, 2.24) is 0 Å². The van der Waals surface area contributed by atoms with Gasteiger partial charge in [0.1, 0.15) is 0 Å². The lowest BCUT2D eigenvalue weighted by molar-refractivity contribution is 0.0697. The quantitative estimate of drug-likeness (QED) is 0.374. The number of aromatic carboxylic acids is 1. The summed E-state index contributed by atoms with van der Waals surface area (Å²) in [6.07, 6.45) is 4.14. The topological polar surface area (TPSA) is 86.1 Å². The van der Waals surface area contributed by atoms with E-state index in [1.165, 1.54) is 12.1 Å². The van der Waals surface area contributed by atoms with Crippen LogP contribution in [0.4, 0.5) is 0 Å². The van der Waals surface area contributed by atoms with Crippen molar-refractivity contribution in [2.24, 2.45) is 5.11 Å². The highest BCUT2D eigenvalue weighted by molar-refractivity contribution is 6.31. The number of carboxylic acid groups (broad SMARTS) is 1. The molecule has 0 aliphatic carbocycles. The van der Waals surface area contributed by atoms with Crippen LogP contribution in [0.1, 0.15) is 22.3 Å². The second-order valence-electron chi connectivity index (χ2n) is 3.22. The van der Waals surface area contributed by atoms with E-state index in [0.29, 0.717) is 23.6 Å². The molecule has 0 unspecified atom stereocenters. The van der Waals surface area contributed by atoms with Crippen LogP contribution in [0, 0.1) is 0 Å².